The van der Waals surface area contributed by atoms with Gasteiger partial charge >= 0.3 is 5.97 Å². The normalized spacial score (nSPS) is 17.6. The summed E-state index contributed by atoms with van der Waals surface area (Å²) < 4.78 is 4.85. The van der Waals surface area contributed by atoms with Crippen LogP contribution in [-0.2, 0) is 19.7 Å². The number of ether oxygens (including phenoxy) is 1. The molecule has 2 N–H and O–H groups in total. The first-order valence-electron chi connectivity index (χ1n) is 12.8. The zero-order valence-corrected chi connectivity index (χ0v) is 23.2. The van der Waals surface area contributed by atoms with Crippen LogP contribution in [0, 0.1) is 13.8 Å². The Bertz CT molecular complexity index is 1210. The number of hydrogen-bond donors (Lipinski definition) is 2. The molecule has 0 saturated carbocycles. The Kier molecular flexibility index (Phi) is 8.32. The number of aryl methyl sites for hydroxylation is 1. The van der Waals surface area contributed by atoms with Crippen LogP contribution in [-0.4, -0.2) is 70.8 Å². The molecule has 1 amide bonds. The fraction of sp³-hybridized carbons (Fsp3) is 0.483. The number of aliphatic hydroxyl groups excluding tert-OH is 1. The van der Waals surface area contributed by atoms with Crippen LogP contribution in [0.15, 0.2) is 29.8 Å². The molecular formula is C29H39N3O5. The quantitative estimate of drug-likeness (QED) is 0.235. The van der Waals surface area contributed by atoms with Crippen LogP contribution < -0.4 is 0 Å². The van der Waals surface area contributed by atoms with Crippen LogP contribution in [0.4, 0.5) is 0 Å². The molecule has 0 bridgehead atoms. The predicted molar refractivity (Wildman–Crippen MR) is 144 cm³/mol. The second-order valence-electron chi connectivity index (χ2n) is 10.5. The van der Waals surface area contributed by atoms with Crippen LogP contribution in [0.3, 0.4) is 0 Å². The number of carbonyl (C=O) groups excluding carboxylic acids is 3. The Hall–Kier alpha value is -3.39. The van der Waals surface area contributed by atoms with Crippen molar-refractivity contribution in [1.29, 1.82) is 0 Å². The monoisotopic (exact) mass is 509 g/mol. The summed E-state index contributed by atoms with van der Waals surface area (Å²) in [4.78, 5) is 45.7. The number of hydrogen-bond acceptors (Lipinski definition) is 6. The highest BCUT2D eigenvalue weighted by Gasteiger charge is 2.46. The van der Waals surface area contributed by atoms with E-state index in [1.807, 2.05) is 24.3 Å². The second-order valence-corrected chi connectivity index (χ2v) is 10.5. The lowest BCUT2D eigenvalue weighted by Crippen LogP contribution is -2.38. The number of H-pyrrole nitrogens is 1. The van der Waals surface area contributed by atoms with Crippen molar-refractivity contribution in [3.05, 3.63) is 63.5 Å². The summed E-state index contributed by atoms with van der Waals surface area (Å²) in [5.41, 5.74) is 3.32. The molecule has 1 aromatic heterocycles. The molecule has 0 aliphatic carbocycles. The number of likely N-dealkylation sites (N-methyl/N-ethyl adjacent to an activating group) is 1. The third kappa shape index (κ3) is 5.34. The topological polar surface area (TPSA) is 103 Å². The molecule has 0 unspecified atom stereocenters. The summed E-state index contributed by atoms with van der Waals surface area (Å²) >= 11 is 0. The zero-order valence-electron chi connectivity index (χ0n) is 23.2. The highest BCUT2D eigenvalue weighted by atomic mass is 16.5. The first-order chi connectivity index (χ1) is 17.4. The van der Waals surface area contributed by atoms with E-state index in [-0.39, 0.29) is 22.4 Å². The molecule has 8 heteroatoms. The Morgan fingerprint density at radius 2 is 1.70 bits per heavy atom. The summed E-state index contributed by atoms with van der Waals surface area (Å²) in [6.45, 7) is 16.4. The lowest BCUT2D eigenvalue weighted by molar-refractivity contribution is -0.140. The third-order valence-corrected chi connectivity index (χ3v) is 7.25. The Labute approximate surface area is 219 Å². The van der Waals surface area contributed by atoms with E-state index < -0.39 is 23.7 Å². The molecule has 37 heavy (non-hydrogen) atoms. The first-order valence-corrected chi connectivity index (χ1v) is 12.8. The van der Waals surface area contributed by atoms with Gasteiger partial charge in [0.05, 0.1) is 18.7 Å². The van der Waals surface area contributed by atoms with Crippen LogP contribution >= 0.6 is 0 Å². The number of nitrogens with zero attached hydrogens (tertiary/aromatic N) is 2. The van der Waals surface area contributed by atoms with Crippen molar-refractivity contribution >= 4 is 23.4 Å². The van der Waals surface area contributed by atoms with E-state index in [9.17, 15) is 19.5 Å². The number of Topliss-reactive ketones (excluding diaryl/α,β-unsaturated/α-hetero) is 1. The van der Waals surface area contributed by atoms with Gasteiger partial charge in [-0.25, -0.2) is 4.79 Å². The summed E-state index contributed by atoms with van der Waals surface area (Å²) in [5, 5.41) is 11.5. The largest absolute Gasteiger partial charge is 0.507 e. The van der Waals surface area contributed by atoms with Crippen LogP contribution in [0.5, 0.6) is 0 Å². The summed E-state index contributed by atoms with van der Waals surface area (Å²) in [6.07, 6.45) is 0. The van der Waals surface area contributed by atoms with Crippen molar-refractivity contribution in [3.63, 3.8) is 0 Å². The molecule has 0 radical (unpaired) electrons. The average Bonchev–Trinajstić information content (AvgIpc) is 3.30. The van der Waals surface area contributed by atoms with Crippen molar-refractivity contribution in [1.82, 2.24) is 14.8 Å². The molecule has 1 aliphatic heterocycles. The minimum atomic E-state index is -0.750. The van der Waals surface area contributed by atoms with Gasteiger partial charge in [-0.2, -0.15) is 0 Å². The number of amides is 1. The van der Waals surface area contributed by atoms with E-state index in [0.717, 1.165) is 24.2 Å². The highest BCUT2D eigenvalue weighted by Crippen LogP contribution is 2.41. The van der Waals surface area contributed by atoms with E-state index in [1.165, 1.54) is 7.11 Å². The van der Waals surface area contributed by atoms with Gasteiger partial charge in [0.15, 0.2) is 0 Å². The number of aliphatic hydroxyl groups is 1. The van der Waals surface area contributed by atoms with Crippen molar-refractivity contribution in [2.24, 2.45) is 0 Å². The fourth-order valence-electron chi connectivity index (χ4n) is 4.96. The molecule has 3 rings (SSSR count). The number of aromatic nitrogens is 1. The molecule has 1 saturated heterocycles. The lowest BCUT2D eigenvalue weighted by atomic mass is 9.85. The smallest absolute Gasteiger partial charge is 0.354 e. The van der Waals surface area contributed by atoms with Gasteiger partial charge in [-0.15, -0.1) is 0 Å². The van der Waals surface area contributed by atoms with Gasteiger partial charge in [0.1, 0.15) is 11.5 Å². The highest BCUT2D eigenvalue weighted by molar-refractivity contribution is 6.46. The number of nitrogens with one attached hydrogen (secondary N) is 1. The Morgan fingerprint density at radius 3 is 2.22 bits per heavy atom. The Balaban J connectivity index is 2.19. The molecular weight excluding hydrogens is 470 g/mol. The maximum Gasteiger partial charge on any atom is 0.354 e. The first kappa shape index (κ1) is 28.2. The van der Waals surface area contributed by atoms with Crippen molar-refractivity contribution in [3.8, 4) is 0 Å². The van der Waals surface area contributed by atoms with Crippen LogP contribution in [0.1, 0.15) is 79.1 Å². The molecule has 0 spiro atoms. The summed E-state index contributed by atoms with van der Waals surface area (Å²) in [5.74, 6) is -2.25. The van der Waals surface area contributed by atoms with Crippen LogP contribution in [0.2, 0.25) is 0 Å². The number of benzene rings is 1. The van der Waals surface area contributed by atoms with Crippen molar-refractivity contribution in [2.45, 2.75) is 59.9 Å². The maximum atomic E-state index is 13.4. The molecule has 200 valence electrons. The number of aromatic amines is 1. The van der Waals surface area contributed by atoms with Crippen molar-refractivity contribution in [2.75, 3.05) is 33.3 Å². The number of rotatable bonds is 8. The van der Waals surface area contributed by atoms with E-state index in [0.29, 0.717) is 29.9 Å². The van der Waals surface area contributed by atoms with Crippen molar-refractivity contribution < 1.29 is 24.2 Å². The van der Waals surface area contributed by atoms with E-state index in [1.54, 1.807) is 18.7 Å². The number of esters is 1. The van der Waals surface area contributed by atoms with Crippen LogP contribution in [0.25, 0.3) is 5.76 Å². The van der Waals surface area contributed by atoms with Gasteiger partial charge in [0.2, 0.25) is 0 Å². The average molecular weight is 510 g/mol. The van der Waals surface area contributed by atoms with E-state index >= 15 is 0 Å². The van der Waals surface area contributed by atoms with E-state index in [2.05, 4.69) is 44.5 Å². The molecule has 2 heterocycles. The molecule has 2 aromatic rings. The van der Waals surface area contributed by atoms with E-state index in [4.69, 9.17) is 4.74 Å². The van der Waals surface area contributed by atoms with Gasteiger partial charge in [-0.1, -0.05) is 58.9 Å². The minimum Gasteiger partial charge on any atom is -0.507 e. The lowest BCUT2D eigenvalue weighted by Gasteiger charge is -2.28. The van der Waals surface area contributed by atoms with Gasteiger partial charge in [0.25, 0.3) is 11.7 Å². The standard InChI is InChI=1S/C29H39N3O5/c1-9-31(10-2)15-16-32-24(19-11-13-20(14-12-19)29(5,6)7)22(26(34)27(32)35)25(33)21-17(3)23(28(36)37-8)30-18(21)4/h11-14,24,30,33H,9-10,15-16H2,1-8H3/t24-/m0/s1. The fourth-order valence-corrected chi connectivity index (χ4v) is 4.96. The summed E-state index contributed by atoms with van der Waals surface area (Å²) in [7, 11) is 1.28. The third-order valence-electron chi connectivity index (χ3n) is 7.25. The number of ketones is 1. The second kappa shape index (κ2) is 10.9. The van der Waals surface area contributed by atoms with Gasteiger partial charge in [-0.3, -0.25) is 9.59 Å². The zero-order chi connectivity index (χ0) is 27.7. The van der Waals surface area contributed by atoms with Gasteiger partial charge in [0, 0.05) is 24.3 Å². The SMILES string of the molecule is CCN(CC)CCN1C(=O)C(=O)C(=C(O)c2c(C)[nH]c(C(=O)OC)c2C)[C@@H]1c1ccc(C(C)(C)C)cc1. The number of carbonyl (C=O) groups is 3. The Morgan fingerprint density at radius 1 is 1.11 bits per heavy atom. The maximum absolute atomic E-state index is 13.4. The minimum absolute atomic E-state index is 0.0228. The van der Waals surface area contributed by atoms with Gasteiger partial charge in [-0.05, 0) is 49.0 Å². The molecule has 1 atom stereocenters. The predicted octanol–water partition coefficient (Wildman–Crippen LogP) is 4.48. The molecule has 1 aromatic carbocycles. The number of likely N-dealkylation sites (tertiary alicyclic amines) is 1. The summed E-state index contributed by atoms with van der Waals surface area (Å²) in [6, 6.07) is 7.10. The molecule has 8 nitrogen and oxygen atoms in total. The molecule has 1 fully saturated rings. The number of methoxy groups -OCH3 is 1. The molecule has 1 aliphatic rings. The van der Waals surface area contributed by atoms with Gasteiger partial charge < -0.3 is 24.6 Å².